The molecule has 0 aliphatic rings. The maximum Gasteiger partial charge on any atom is 0.278 e. The second kappa shape index (κ2) is 8.55. The third-order valence-electron chi connectivity index (χ3n) is 4.94. The highest BCUT2D eigenvalue weighted by Gasteiger charge is 2.23. The van der Waals surface area contributed by atoms with Crippen molar-refractivity contribution in [3.8, 4) is 5.69 Å². The first-order valence-corrected chi connectivity index (χ1v) is 10.8. The number of nitrogens with one attached hydrogen (secondary N) is 1. The normalized spacial score (nSPS) is 12.6. The summed E-state index contributed by atoms with van der Waals surface area (Å²) in [7, 11) is 4.14. The van der Waals surface area contributed by atoms with Gasteiger partial charge in [0.2, 0.25) is 0 Å². The van der Waals surface area contributed by atoms with Gasteiger partial charge in [0.25, 0.3) is 5.56 Å². The minimum atomic E-state index is -0.183. The zero-order chi connectivity index (χ0) is 21.3. The van der Waals surface area contributed by atoms with Crippen LogP contribution in [0.25, 0.3) is 16.6 Å². The molecular weight excluding hydrogens is 422 g/mol. The molecule has 0 amide bonds. The number of hydrogen-bond donors (Lipinski definition) is 1. The lowest BCUT2D eigenvalue weighted by Gasteiger charge is -2.18. The minimum absolute atomic E-state index is 0.116. The van der Waals surface area contributed by atoms with Crippen LogP contribution in [0, 0.1) is 0 Å². The molecule has 0 radical (unpaired) electrons. The van der Waals surface area contributed by atoms with Crippen LogP contribution < -0.4 is 10.5 Å². The van der Waals surface area contributed by atoms with Crippen LogP contribution >= 0.6 is 23.4 Å². The molecule has 1 atom stereocenters. The van der Waals surface area contributed by atoms with Gasteiger partial charge < -0.3 is 4.90 Å². The first-order chi connectivity index (χ1) is 14.5. The lowest BCUT2D eigenvalue weighted by atomic mass is 10.2. The van der Waals surface area contributed by atoms with Gasteiger partial charge in [-0.25, -0.2) is 0 Å². The monoisotopic (exact) mass is 442 g/mol. The molecule has 0 unspecified atom stereocenters. The van der Waals surface area contributed by atoms with Crippen molar-refractivity contribution in [2.24, 2.45) is 0 Å². The Hall–Kier alpha value is -2.75. The molecule has 0 spiro atoms. The van der Waals surface area contributed by atoms with Crippen LogP contribution in [0.15, 0.2) is 58.5 Å². The number of thioether (sulfide) groups is 1. The maximum atomic E-state index is 12.7. The minimum Gasteiger partial charge on any atom is -0.331 e. The highest BCUT2D eigenvalue weighted by Crippen LogP contribution is 2.26. The van der Waals surface area contributed by atoms with Crippen molar-refractivity contribution in [2.75, 3.05) is 14.1 Å². The molecule has 0 aliphatic carbocycles. The Morgan fingerprint density at radius 3 is 2.53 bits per heavy atom. The van der Waals surface area contributed by atoms with Gasteiger partial charge in [-0.05, 0) is 43.3 Å². The zero-order valence-corrected chi connectivity index (χ0v) is 18.4. The van der Waals surface area contributed by atoms with E-state index in [0.29, 0.717) is 21.1 Å². The molecule has 2 aromatic carbocycles. The summed E-state index contributed by atoms with van der Waals surface area (Å²) in [4.78, 5) is 14.0. The fraction of sp³-hybridized carbons (Fsp3) is 0.250. The number of rotatable bonds is 6. The number of benzene rings is 2. The summed E-state index contributed by atoms with van der Waals surface area (Å²) < 4.78 is 3.34. The maximum absolute atomic E-state index is 12.7. The van der Waals surface area contributed by atoms with Crippen LogP contribution in [-0.4, -0.2) is 43.9 Å². The van der Waals surface area contributed by atoms with E-state index in [9.17, 15) is 4.79 Å². The average Bonchev–Trinajstić information content (AvgIpc) is 3.17. The smallest absolute Gasteiger partial charge is 0.278 e. The predicted molar refractivity (Wildman–Crippen MR) is 117 cm³/mol. The van der Waals surface area contributed by atoms with Gasteiger partial charge in [-0.15, -0.1) is 15.3 Å². The van der Waals surface area contributed by atoms with Crippen molar-refractivity contribution in [3.63, 3.8) is 0 Å². The second-order valence-corrected chi connectivity index (χ2v) is 8.48. The molecular formula is C20H21ClN7OS+. The summed E-state index contributed by atoms with van der Waals surface area (Å²) >= 11 is 7.45. The Balaban J connectivity index is 1.70. The molecule has 0 bridgehead atoms. The van der Waals surface area contributed by atoms with Crippen LogP contribution in [0.2, 0.25) is 5.02 Å². The highest BCUT2D eigenvalue weighted by molar-refractivity contribution is 7.98. The van der Waals surface area contributed by atoms with E-state index in [1.54, 1.807) is 12.1 Å². The number of nitrogens with zero attached hydrogens (tertiary/aromatic N) is 6. The van der Waals surface area contributed by atoms with Gasteiger partial charge in [-0.1, -0.05) is 40.7 Å². The van der Waals surface area contributed by atoms with E-state index >= 15 is 0 Å². The van der Waals surface area contributed by atoms with Crippen molar-refractivity contribution in [1.29, 1.82) is 0 Å². The number of hydrogen-bond acceptors (Lipinski definition) is 6. The molecule has 30 heavy (non-hydrogen) atoms. The van der Waals surface area contributed by atoms with E-state index in [0.717, 1.165) is 11.5 Å². The van der Waals surface area contributed by atoms with Crippen LogP contribution in [0.5, 0.6) is 0 Å². The molecule has 4 aromatic rings. The molecule has 1 N–H and O–H groups in total. The number of quaternary nitrogens is 1. The third-order valence-corrected chi connectivity index (χ3v) is 6.09. The van der Waals surface area contributed by atoms with E-state index < -0.39 is 0 Å². The second-order valence-electron chi connectivity index (χ2n) is 7.14. The number of aromatic nitrogens is 6. The molecule has 2 aromatic heterocycles. The molecule has 0 fully saturated rings. The standard InChI is InChI=1S/C20H20ClN7OS/c1-13(26(2)3)18-23-24-20(28(18)15-10-8-14(21)9-11-15)30-12-27-19(29)16-6-4-5-7-17(16)22-25-27/h4-11,13H,12H2,1-3H3/p+1/t13-/m1/s1. The van der Waals surface area contributed by atoms with Gasteiger partial charge >= 0.3 is 0 Å². The van der Waals surface area contributed by atoms with Crippen LogP contribution in [0.3, 0.4) is 0 Å². The largest absolute Gasteiger partial charge is 0.331 e. The highest BCUT2D eigenvalue weighted by atomic mass is 35.5. The lowest BCUT2D eigenvalue weighted by Crippen LogP contribution is -3.05. The fourth-order valence-corrected chi connectivity index (χ4v) is 3.93. The molecule has 0 saturated carbocycles. The molecule has 0 aliphatic heterocycles. The summed E-state index contributed by atoms with van der Waals surface area (Å²) in [6.45, 7) is 2.10. The van der Waals surface area contributed by atoms with Crippen LogP contribution in [-0.2, 0) is 5.88 Å². The van der Waals surface area contributed by atoms with Crippen molar-refractivity contribution < 1.29 is 4.90 Å². The molecule has 0 saturated heterocycles. The Bertz CT molecular complexity index is 1240. The molecule has 10 heteroatoms. The Kier molecular flexibility index (Phi) is 5.85. The fourth-order valence-electron chi connectivity index (χ4n) is 2.97. The summed E-state index contributed by atoms with van der Waals surface area (Å²) in [5.74, 6) is 1.10. The number of fused-ring (bicyclic) bond motifs is 1. The molecule has 8 nitrogen and oxygen atoms in total. The molecule has 2 heterocycles. The van der Waals surface area contributed by atoms with Gasteiger partial charge in [-0.2, -0.15) is 4.68 Å². The molecule has 4 rings (SSSR count). The van der Waals surface area contributed by atoms with Crippen LogP contribution in [0.1, 0.15) is 18.8 Å². The Morgan fingerprint density at radius 1 is 1.07 bits per heavy atom. The topological polar surface area (TPSA) is 82.9 Å². The van der Waals surface area contributed by atoms with Gasteiger partial charge in [0.15, 0.2) is 11.0 Å². The summed E-state index contributed by atoms with van der Waals surface area (Å²) in [5, 5.41) is 18.9. The number of halogens is 1. The quantitative estimate of drug-likeness (QED) is 0.460. The van der Waals surface area contributed by atoms with Crippen LogP contribution in [0.4, 0.5) is 0 Å². The Labute approximate surface area is 182 Å². The predicted octanol–water partition coefficient (Wildman–Crippen LogP) is 1.98. The van der Waals surface area contributed by atoms with Gasteiger partial charge in [0.1, 0.15) is 11.6 Å². The SMILES string of the molecule is C[C@H](c1nnc(SCn2nnc3ccccc3c2=O)n1-c1ccc(Cl)cc1)[NH+](C)C. The van der Waals surface area contributed by atoms with Gasteiger partial charge in [0, 0.05) is 10.7 Å². The van der Waals surface area contributed by atoms with E-state index in [-0.39, 0.29) is 17.5 Å². The van der Waals surface area contributed by atoms with Crippen molar-refractivity contribution in [1.82, 2.24) is 29.8 Å². The van der Waals surface area contributed by atoms with Gasteiger partial charge in [-0.3, -0.25) is 9.36 Å². The van der Waals surface area contributed by atoms with Gasteiger partial charge in [0.05, 0.1) is 25.4 Å². The first-order valence-electron chi connectivity index (χ1n) is 9.42. The third kappa shape index (κ3) is 3.96. The zero-order valence-electron chi connectivity index (χ0n) is 16.8. The lowest BCUT2D eigenvalue weighted by molar-refractivity contribution is -0.890. The van der Waals surface area contributed by atoms with E-state index in [4.69, 9.17) is 11.6 Å². The average molecular weight is 443 g/mol. The summed E-state index contributed by atoms with van der Waals surface area (Å²) in [6.07, 6.45) is 0. The van der Waals surface area contributed by atoms with Crippen molar-refractivity contribution in [2.45, 2.75) is 24.0 Å². The Morgan fingerprint density at radius 2 is 1.80 bits per heavy atom. The van der Waals surface area contributed by atoms with Crippen molar-refractivity contribution in [3.05, 3.63) is 69.7 Å². The summed E-state index contributed by atoms with van der Waals surface area (Å²) in [5.41, 5.74) is 1.31. The van der Waals surface area contributed by atoms with E-state index in [1.807, 2.05) is 41.0 Å². The summed E-state index contributed by atoms with van der Waals surface area (Å²) in [6, 6.07) is 14.8. The van der Waals surface area contributed by atoms with Crippen molar-refractivity contribution >= 4 is 34.3 Å². The molecule has 154 valence electrons. The van der Waals surface area contributed by atoms with E-state index in [1.165, 1.54) is 21.3 Å². The van der Waals surface area contributed by atoms with E-state index in [2.05, 4.69) is 41.5 Å². The first kappa shape index (κ1) is 20.5.